The molecule has 3 aromatic heterocycles. The molecule has 124 valence electrons. The molecule has 0 fully saturated rings. The van der Waals surface area contributed by atoms with Crippen LogP contribution in [-0.2, 0) is 4.43 Å². The Bertz CT molecular complexity index is 1040. The van der Waals surface area contributed by atoms with Gasteiger partial charge in [0.2, 0.25) is 0 Å². The topological polar surface area (TPSA) is 79.4 Å². The number of anilines is 2. The number of nitrogens with one attached hydrogen (secondary N) is 2. The van der Waals surface area contributed by atoms with Gasteiger partial charge in [-0.1, -0.05) is 46.9 Å². The number of hydrogen-bond donors (Lipinski definition) is 2. The third-order valence-corrected chi connectivity index (χ3v) is 4.65. The number of fused-ring (bicyclic) bond motifs is 1. The van der Waals surface area contributed by atoms with E-state index in [4.69, 9.17) is 4.98 Å². The molecule has 3 heterocycles. The summed E-state index contributed by atoms with van der Waals surface area (Å²) in [7, 11) is 0. The molecule has 4 rings (SSSR count). The van der Waals surface area contributed by atoms with Crippen LogP contribution in [0.3, 0.4) is 0 Å². The molecule has 0 atom stereocenters. The first-order chi connectivity index (χ1) is 12.2. The quantitative estimate of drug-likeness (QED) is 0.362. The Labute approximate surface area is 158 Å². The zero-order valence-electron chi connectivity index (χ0n) is 13.5. The fourth-order valence-corrected chi connectivity index (χ4v) is 3.30. The molecule has 1 aromatic carbocycles. The minimum absolute atomic E-state index is 0.658. The lowest BCUT2D eigenvalue weighted by molar-refractivity contribution is 1.05. The van der Waals surface area contributed by atoms with Crippen LogP contribution in [0.2, 0.25) is 0 Å². The van der Waals surface area contributed by atoms with Crippen LogP contribution in [0.1, 0.15) is 11.3 Å². The average Bonchev–Trinajstić information content (AvgIpc) is 3.06. The first-order valence-corrected chi connectivity index (χ1v) is 9.33. The molecule has 2 N–H and O–H groups in total. The largest absolute Gasteiger partial charge is 0.323 e. The third-order valence-electron chi connectivity index (χ3n) is 3.83. The highest BCUT2D eigenvalue weighted by atomic mass is 127. The number of H-pyrrole nitrogens is 1. The summed E-state index contributed by atoms with van der Waals surface area (Å²) in [5.41, 5.74) is 3.85. The second-order valence-corrected chi connectivity index (χ2v) is 6.39. The van der Waals surface area contributed by atoms with Crippen molar-refractivity contribution in [3.8, 4) is 11.4 Å². The van der Waals surface area contributed by atoms with Gasteiger partial charge in [0.25, 0.3) is 0 Å². The highest BCUT2D eigenvalue weighted by Gasteiger charge is 2.13. The van der Waals surface area contributed by atoms with Gasteiger partial charge < -0.3 is 5.32 Å². The zero-order valence-corrected chi connectivity index (χ0v) is 15.7. The van der Waals surface area contributed by atoms with Crippen LogP contribution in [0.15, 0.2) is 48.7 Å². The molecular formula is C18H15IN6. The molecule has 0 saturated heterocycles. The SMILES string of the molecule is Cc1cc(Nc2nc(-c3ccccc3CI)nc3ncccc23)n[nH]1. The summed E-state index contributed by atoms with van der Waals surface area (Å²) in [6, 6.07) is 13.9. The Morgan fingerprint density at radius 1 is 1.12 bits per heavy atom. The van der Waals surface area contributed by atoms with Gasteiger partial charge in [-0.15, -0.1) is 0 Å². The van der Waals surface area contributed by atoms with E-state index in [1.54, 1.807) is 6.20 Å². The summed E-state index contributed by atoms with van der Waals surface area (Å²) in [6.07, 6.45) is 1.74. The number of aryl methyl sites for hydroxylation is 1. The normalized spacial score (nSPS) is 11.0. The summed E-state index contributed by atoms with van der Waals surface area (Å²) in [4.78, 5) is 13.8. The second kappa shape index (κ2) is 6.75. The number of rotatable bonds is 4. The minimum atomic E-state index is 0.658. The fourth-order valence-electron chi connectivity index (χ4n) is 2.64. The van der Waals surface area contributed by atoms with E-state index in [9.17, 15) is 0 Å². The van der Waals surface area contributed by atoms with E-state index in [-0.39, 0.29) is 0 Å². The Hall–Kier alpha value is -2.55. The van der Waals surface area contributed by atoms with Crippen molar-refractivity contribution in [1.82, 2.24) is 25.1 Å². The highest BCUT2D eigenvalue weighted by Crippen LogP contribution is 2.28. The van der Waals surface area contributed by atoms with Gasteiger partial charge in [0.1, 0.15) is 5.82 Å². The van der Waals surface area contributed by atoms with Crippen molar-refractivity contribution in [3.05, 3.63) is 59.9 Å². The smallest absolute Gasteiger partial charge is 0.165 e. The van der Waals surface area contributed by atoms with Crippen molar-refractivity contribution in [1.29, 1.82) is 0 Å². The number of pyridine rings is 1. The maximum Gasteiger partial charge on any atom is 0.165 e. The lowest BCUT2D eigenvalue weighted by Gasteiger charge is -2.10. The zero-order chi connectivity index (χ0) is 17.2. The molecule has 4 aromatic rings. The fraction of sp³-hybridized carbons (Fsp3) is 0.111. The van der Waals surface area contributed by atoms with E-state index in [1.807, 2.05) is 43.3 Å². The van der Waals surface area contributed by atoms with Crippen LogP contribution in [-0.4, -0.2) is 25.1 Å². The van der Waals surface area contributed by atoms with Crippen LogP contribution in [0.25, 0.3) is 22.4 Å². The maximum absolute atomic E-state index is 4.76. The first kappa shape index (κ1) is 15.9. The van der Waals surface area contributed by atoms with Gasteiger partial charge in [-0.2, -0.15) is 5.10 Å². The van der Waals surface area contributed by atoms with Crippen molar-refractivity contribution in [2.45, 2.75) is 11.4 Å². The van der Waals surface area contributed by atoms with Gasteiger partial charge in [-0.25, -0.2) is 15.0 Å². The van der Waals surface area contributed by atoms with Gasteiger partial charge in [-0.3, -0.25) is 5.10 Å². The third kappa shape index (κ3) is 3.19. The van der Waals surface area contributed by atoms with E-state index < -0.39 is 0 Å². The van der Waals surface area contributed by atoms with Crippen molar-refractivity contribution in [3.63, 3.8) is 0 Å². The number of aromatic amines is 1. The monoisotopic (exact) mass is 442 g/mol. The lowest BCUT2D eigenvalue weighted by Crippen LogP contribution is -2.01. The molecule has 0 saturated carbocycles. The number of aromatic nitrogens is 5. The molecule has 0 amide bonds. The standard InChI is InChI=1S/C18H15IN6/c1-11-9-15(25-24-11)21-18-14-7-4-8-20-16(14)22-17(23-18)13-6-3-2-5-12(13)10-19/h2-9H,10H2,1H3,(H2,20,21,22,23,24,25). The van der Waals surface area contributed by atoms with Crippen LogP contribution in [0.5, 0.6) is 0 Å². The Morgan fingerprint density at radius 2 is 2.00 bits per heavy atom. The van der Waals surface area contributed by atoms with Crippen LogP contribution in [0.4, 0.5) is 11.6 Å². The number of hydrogen-bond acceptors (Lipinski definition) is 5. The predicted molar refractivity (Wildman–Crippen MR) is 107 cm³/mol. The number of alkyl halides is 1. The molecule has 0 unspecified atom stereocenters. The van der Waals surface area contributed by atoms with Crippen LogP contribution >= 0.6 is 22.6 Å². The van der Waals surface area contributed by atoms with E-state index in [2.05, 4.69) is 54.1 Å². The van der Waals surface area contributed by atoms with Gasteiger partial charge in [0.05, 0.1) is 5.39 Å². The Kier molecular flexibility index (Phi) is 4.31. The van der Waals surface area contributed by atoms with Gasteiger partial charge in [0, 0.05) is 27.9 Å². The van der Waals surface area contributed by atoms with Crippen molar-refractivity contribution in [2.24, 2.45) is 0 Å². The Morgan fingerprint density at radius 3 is 2.80 bits per heavy atom. The average molecular weight is 442 g/mol. The highest BCUT2D eigenvalue weighted by molar-refractivity contribution is 14.1. The first-order valence-electron chi connectivity index (χ1n) is 7.80. The molecule has 0 radical (unpaired) electrons. The van der Waals surface area contributed by atoms with Crippen molar-refractivity contribution < 1.29 is 0 Å². The van der Waals surface area contributed by atoms with Crippen LogP contribution < -0.4 is 5.32 Å². The molecular weight excluding hydrogens is 427 g/mol. The molecule has 0 aliphatic rings. The second-order valence-electron chi connectivity index (χ2n) is 5.62. The minimum Gasteiger partial charge on any atom is -0.323 e. The molecule has 0 bridgehead atoms. The van der Waals surface area contributed by atoms with E-state index in [1.165, 1.54) is 5.56 Å². The molecule has 0 aliphatic carbocycles. The summed E-state index contributed by atoms with van der Waals surface area (Å²) in [5.74, 6) is 2.07. The lowest BCUT2D eigenvalue weighted by atomic mass is 10.1. The summed E-state index contributed by atoms with van der Waals surface area (Å²) >= 11 is 2.35. The van der Waals surface area contributed by atoms with Crippen molar-refractivity contribution in [2.75, 3.05) is 5.32 Å². The van der Waals surface area contributed by atoms with Gasteiger partial charge in [0.15, 0.2) is 17.3 Å². The number of halogens is 1. The molecule has 6 nitrogen and oxygen atoms in total. The summed E-state index contributed by atoms with van der Waals surface area (Å²) < 4.78 is 0.888. The number of benzene rings is 1. The van der Waals surface area contributed by atoms with Crippen LogP contribution in [0, 0.1) is 6.92 Å². The molecule has 0 spiro atoms. The van der Waals surface area contributed by atoms with Gasteiger partial charge in [-0.05, 0) is 24.6 Å². The maximum atomic E-state index is 4.76. The van der Waals surface area contributed by atoms with Crippen molar-refractivity contribution >= 4 is 45.3 Å². The predicted octanol–water partition coefficient (Wildman–Crippen LogP) is 4.40. The summed E-state index contributed by atoms with van der Waals surface area (Å²) in [6.45, 7) is 1.96. The molecule has 7 heteroatoms. The Balaban J connectivity index is 1.89. The molecule has 25 heavy (non-hydrogen) atoms. The van der Waals surface area contributed by atoms with E-state index >= 15 is 0 Å². The number of nitrogens with zero attached hydrogens (tertiary/aromatic N) is 4. The summed E-state index contributed by atoms with van der Waals surface area (Å²) in [5, 5.41) is 11.3. The van der Waals surface area contributed by atoms with E-state index in [0.29, 0.717) is 17.3 Å². The molecule has 0 aliphatic heterocycles. The van der Waals surface area contributed by atoms with E-state index in [0.717, 1.165) is 26.9 Å². The van der Waals surface area contributed by atoms with Gasteiger partial charge >= 0.3 is 0 Å².